The maximum Gasteiger partial charge on any atom is 0.108 e. The molecule has 0 unspecified atom stereocenters. The predicted molar refractivity (Wildman–Crippen MR) is 84.5 cm³/mol. The van der Waals surface area contributed by atoms with Crippen molar-refractivity contribution in [2.24, 2.45) is 0 Å². The summed E-state index contributed by atoms with van der Waals surface area (Å²) in [7, 11) is 0. The van der Waals surface area contributed by atoms with E-state index in [1.54, 1.807) is 0 Å². The second kappa shape index (κ2) is 11.5. The van der Waals surface area contributed by atoms with Gasteiger partial charge in [-0.3, -0.25) is 10.3 Å². The first-order chi connectivity index (χ1) is 9.86. The Morgan fingerprint density at radius 1 is 1.10 bits per heavy atom. The second-order valence-corrected chi connectivity index (χ2v) is 5.02. The smallest absolute Gasteiger partial charge is 0.108 e. The maximum absolute atomic E-state index is 9.30. The maximum atomic E-state index is 9.30. The van der Waals surface area contributed by atoms with Gasteiger partial charge in [-0.25, -0.2) is 0 Å². The van der Waals surface area contributed by atoms with Crippen LogP contribution < -0.4 is 5.48 Å². The summed E-state index contributed by atoms with van der Waals surface area (Å²) >= 11 is 0. The molecular formula is C17H27NO2. The Labute approximate surface area is 122 Å². The average molecular weight is 277 g/mol. The average Bonchev–Trinajstić information content (AvgIpc) is 2.50. The van der Waals surface area contributed by atoms with Crippen molar-refractivity contribution in [3.05, 3.63) is 43.0 Å². The summed E-state index contributed by atoms with van der Waals surface area (Å²) in [6.07, 6.45) is 9.88. The number of anilines is 1. The first-order valence-electron chi connectivity index (χ1n) is 7.55. The number of hydrogen-bond acceptors (Lipinski definition) is 3. The summed E-state index contributed by atoms with van der Waals surface area (Å²) in [5, 5.41) is 9.30. The minimum absolute atomic E-state index is 0.0519. The molecule has 0 aliphatic heterocycles. The number of aliphatic hydroxyl groups excluding tert-OH is 1. The number of benzene rings is 1. The molecule has 0 aliphatic rings. The predicted octanol–water partition coefficient (Wildman–Crippen LogP) is 4.31. The molecule has 0 heterocycles. The molecule has 1 rings (SSSR count). The molecule has 0 amide bonds. The molecule has 0 spiro atoms. The summed E-state index contributed by atoms with van der Waals surface area (Å²) in [6, 6.07) is 9.73. The van der Waals surface area contributed by atoms with Crippen LogP contribution in [-0.2, 0) is 4.84 Å². The van der Waals surface area contributed by atoms with Crippen molar-refractivity contribution in [2.75, 3.05) is 12.1 Å². The van der Waals surface area contributed by atoms with E-state index in [0.717, 1.165) is 24.9 Å². The first-order valence-corrected chi connectivity index (χ1v) is 7.55. The van der Waals surface area contributed by atoms with Crippen LogP contribution in [0.3, 0.4) is 0 Å². The lowest BCUT2D eigenvalue weighted by Gasteiger charge is -2.16. The monoisotopic (exact) mass is 277 g/mol. The summed E-state index contributed by atoms with van der Waals surface area (Å²) in [4.78, 5) is 5.51. The molecule has 0 aromatic heterocycles. The largest absolute Gasteiger partial charge is 0.394 e. The van der Waals surface area contributed by atoms with Gasteiger partial charge in [0.2, 0.25) is 0 Å². The Bertz CT molecular complexity index is 340. The van der Waals surface area contributed by atoms with Gasteiger partial charge in [0, 0.05) is 0 Å². The molecule has 3 nitrogen and oxygen atoms in total. The zero-order valence-corrected chi connectivity index (χ0v) is 12.3. The lowest BCUT2D eigenvalue weighted by Crippen LogP contribution is -2.21. The summed E-state index contributed by atoms with van der Waals surface area (Å²) < 4.78 is 0. The highest BCUT2D eigenvalue weighted by Crippen LogP contribution is 2.12. The first kappa shape index (κ1) is 16.7. The number of allylic oxidation sites excluding steroid dienone is 1. The van der Waals surface area contributed by atoms with Crippen LogP contribution in [0.25, 0.3) is 0 Å². The Morgan fingerprint density at radius 2 is 1.80 bits per heavy atom. The zero-order valence-electron chi connectivity index (χ0n) is 12.3. The fourth-order valence-corrected chi connectivity index (χ4v) is 2.04. The lowest BCUT2D eigenvalue weighted by molar-refractivity contribution is 0.0397. The minimum Gasteiger partial charge on any atom is -0.394 e. The lowest BCUT2D eigenvalue weighted by atomic mass is 10.1. The molecule has 1 atom stereocenters. The normalized spacial score (nSPS) is 12.1. The van der Waals surface area contributed by atoms with Crippen LogP contribution in [0.2, 0.25) is 0 Å². The van der Waals surface area contributed by atoms with Crippen molar-refractivity contribution >= 4 is 5.69 Å². The topological polar surface area (TPSA) is 41.5 Å². The van der Waals surface area contributed by atoms with E-state index < -0.39 is 0 Å². The summed E-state index contributed by atoms with van der Waals surface area (Å²) in [5.41, 5.74) is 3.81. The quantitative estimate of drug-likeness (QED) is 0.340. The molecule has 20 heavy (non-hydrogen) atoms. The zero-order chi connectivity index (χ0) is 14.5. The van der Waals surface area contributed by atoms with E-state index >= 15 is 0 Å². The van der Waals surface area contributed by atoms with Crippen LogP contribution in [0.4, 0.5) is 5.69 Å². The number of para-hydroxylation sites is 1. The highest BCUT2D eigenvalue weighted by Gasteiger charge is 2.07. The number of nitrogens with one attached hydrogen (secondary N) is 1. The van der Waals surface area contributed by atoms with E-state index in [1.165, 1.54) is 25.7 Å². The molecule has 0 saturated carbocycles. The molecule has 2 N–H and O–H groups in total. The number of unbranched alkanes of at least 4 members (excludes halogenated alkanes) is 5. The molecule has 112 valence electrons. The van der Waals surface area contributed by atoms with Crippen LogP contribution in [0.15, 0.2) is 43.0 Å². The Hall–Kier alpha value is -1.32. The van der Waals surface area contributed by atoms with Crippen LogP contribution in [0, 0.1) is 0 Å². The number of aliphatic hydroxyl groups is 1. The van der Waals surface area contributed by atoms with E-state index in [0.29, 0.717) is 0 Å². The van der Waals surface area contributed by atoms with Gasteiger partial charge in [0.15, 0.2) is 0 Å². The molecule has 1 aromatic carbocycles. The molecule has 1 aromatic rings. The minimum atomic E-state index is -0.136. The number of rotatable bonds is 12. The SMILES string of the molecule is C=CCCCCCCC[C@H](CO)ONc1ccccc1. The van der Waals surface area contributed by atoms with Gasteiger partial charge in [0.25, 0.3) is 0 Å². The van der Waals surface area contributed by atoms with Gasteiger partial charge in [0.05, 0.1) is 12.3 Å². The standard InChI is InChI=1S/C17H27NO2/c1-2-3-4-5-6-7-11-14-17(15-19)20-18-16-12-9-8-10-13-16/h2,8-10,12-13,17-19H,1,3-7,11,14-15H2/t17-/m1/s1. The summed E-state index contributed by atoms with van der Waals surface area (Å²) in [6.45, 7) is 3.77. The van der Waals surface area contributed by atoms with Gasteiger partial charge in [-0.1, -0.05) is 50.0 Å². The molecule has 0 radical (unpaired) electrons. The Balaban J connectivity index is 2.06. The molecular weight excluding hydrogens is 250 g/mol. The van der Waals surface area contributed by atoms with Gasteiger partial charge in [-0.2, -0.15) is 0 Å². The van der Waals surface area contributed by atoms with E-state index in [1.807, 2.05) is 36.4 Å². The molecule has 3 heteroatoms. The third kappa shape index (κ3) is 7.97. The molecule has 0 bridgehead atoms. The second-order valence-electron chi connectivity index (χ2n) is 5.02. The van der Waals surface area contributed by atoms with Crippen molar-refractivity contribution in [3.63, 3.8) is 0 Å². The Morgan fingerprint density at radius 3 is 2.50 bits per heavy atom. The van der Waals surface area contributed by atoms with Crippen molar-refractivity contribution in [1.82, 2.24) is 0 Å². The van der Waals surface area contributed by atoms with Gasteiger partial charge < -0.3 is 5.11 Å². The number of hydrogen-bond donors (Lipinski definition) is 2. The van der Waals surface area contributed by atoms with Crippen LogP contribution >= 0.6 is 0 Å². The van der Waals surface area contributed by atoms with Crippen LogP contribution in [0.1, 0.15) is 44.9 Å². The van der Waals surface area contributed by atoms with Crippen LogP contribution in [0.5, 0.6) is 0 Å². The van der Waals surface area contributed by atoms with Gasteiger partial charge in [-0.15, -0.1) is 6.58 Å². The van der Waals surface area contributed by atoms with Gasteiger partial charge in [0.1, 0.15) is 6.10 Å². The fraction of sp³-hybridized carbons (Fsp3) is 0.529. The van der Waals surface area contributed by atoms with Crippen molar-refractivity contribution in [1.29, 1.82) is 0 Å². The van der Waals surface area contributed by atoms with Crippen molar-refractivity contribution in [2.45, 2.75) is 51.0 Å². The van der Waals surface area contributed by atoms with E-state index in [9.17, 15) is 5.11 Å². The molecule has 0 fully saturated rings. The molecule has 0 aliphatic carbocycles. The highest BCUT2D eigenvalue weighted by atomic mass is 16.7. The van der Waals surface area contributed by atoms with E-state index in [4.69, 9.17) is 4.84 Å². The fourth-order valence-electron chi connectivity index (χ4n) is 2.04. The van der Waals surface area contributed by atoms with Gasteiger partial charge in [-0.05, 0) is 31.4 Å². The Kier molecular flexibility index (Phi) is 9.62. The van der Waals surface area contributed by atoms with E-state index in [-0.39, 0.29) is 12.7 Å². The van der Waals surface area contributed by atoms with Gasteiger partial charge >= 0.3 is 0 Å². The third-order valence-corrected chi connectivity index (χ3v) is 3.26. The van der Waals surface area contributed by atoms with E-state index in [2.05, 4.69) is 12.1 Å². The summed E-state index contributed by atoms with van der Waals surface area (Å²) in [5.74, 6) is 0. The van der Waals surface area contributed by atoms with Crippen molar-refractivity contribution < 1.29 is 9.94 Å². The highest BCUT2D eigenvalue weighted by molar-refractivity contribution is 5.40. The molecule has 0 saturated heterocycles. The third-order valence-electron chi connectivity index (χ3n) is 3.26. The van der Waals surface area contributed by atoms with Crippen molar-refractivity contribution in [3.8, 4) is 0 Å². The van der Waals surface area contributed by atoms with Crippen LogP contribution in [-0.4, -0.2) is 17.8 Å².